The number of fused-ring (bicyclic) bond motifs is 1. The van der Waals surface area contributed by atoms with Crippen LogP contribution in [0.4, 0.5) is 4.39 Å². The lowest BCUT2D eigenvalue weighted by Gasteiger charge is -2.12. The quantitative estimate of drug-likeness (QED) is 0.636. The topological polar surface area (TPSA) is 0 Å². The molecule has 1 aliphatic carbocycles. The summed E-state index contributed by atoms with van der Waals surface area (Å²) in [4.78, 5) is 0. The molecule has 0 amide bonds. The third-order valence-corrected chi connectivity index (χ3v) is 2.81. The molecule has 0 saturated carbocycles. The first-order chi connectivity index (χ1) is 5.77. The second kappa shape index (κ2) is 3.02. The Labute approximate surface area is 79.2 Å². The average Bonchev–Trinajstić information content (AvgIpc) is 2.04. The van der Waals surface area contributed by atoms with E-state index in [9.17, 15) is 4.39 Å². The Morgan fingerprint density at radius 1 is 1.33 bits per heavy atom. The molecule has 0 N–H and O–H groups in total. The number of aryl methyl sites for hydroxylation is 1. The first kappa shape index (κ1) is 7.99. The summed E-state index contributed by atoms with van der Waals surface area (Å²) in [7, 11) is 0. The van der Waals surface area contributed by atoms with Crippen LogP contribution in [0.2, 0.25) is 0 Å². The Morgan fingerprint density at radius 3 is 3.00 bits per heavy atom. The molecule has 12 heavy (non-hydrogen) atoms. The van der Waals surface area contributed by atoms with Gasteiger partial charge in [-0.05, 0) is 36.1 Å². The summed E-state index contributed by atoms with van der Waals surface area (Å²) in [6, 6.07) is 4.94. The van der Waals surface area contributed by atoms with E-state index in [0.29, 0.717) is 0 Å². The summed E-state index contributed by atoms with van der Waals surface area (Å²) in [5.41, 5.74) is 2.23. The minimum Gasteiger partial charge on any atom is -0.207 e. The fraction of sp³-hybridized carbons (Fsp3) is 0.200. The van der Waals surface area contributed by atoms with E-state index in [0.717, 1.165) is 28.5 Å². The number of allylic oxidation sites excluding steroid dienone is 1. The van der Waals surface area contributed by atoms with Crippen LogP contribution in [-0.4, -0.2) is 0 Å². The number of benzene rings is 1. The maximum Gasteiger partial charge on any atom is 0.123 e. The molecule has 1 aromatic carbocycles. The minimum absolute atomic E-state index is 0.143. The molecule has 0 bridgehead atoms. The highest BCUT2D eigenvalue weighted by molar-refractivity contribution is 9.15. The molecule has 2 rings (SSSR count). The van der Waals surface area contributed by atoms with Crippen molar-refractivity contribution >= 4 is 20.4 Å². The second-order valence-electron chi connectivity index (χ2n) is 2.89. The first-order valence-corrected chi connectivity index (χ1v) is 4.71. The molecule has 0 saturated heterocycles. The van der Waals surface area contributed by atoms with Crippen molar-refractivity contribution in [1.29, 1.82) is 0 Å². The summed E-state index contributed by atoms with van der Waals surface area (Å²) >= 11 is 3.45. The maximum atomic E-state index is 12.8. The summed E-state index contributed by atoms with van der Waals surface area (Å²) in [6.45, 7) is 0. The van der Waals surface area contributed by atoms with Crippen molar-refractivity contribution in [3.63, 3.8) is 0 Å². The minimum atomic E-state index is -0.143. The smallest absolute Gasteiger partial charge is 0.123 e. The molecule has 62 valence electrons. The monoisotopic (exact) mass is 226 g/mol. The van der Waals surface area contributed by atoms with Crippen LogP contribution in [0, 0.1) is 5.82 Å². The molecular formula is C10H8BrF. The maximum absolute atomic E-state index is 12.8. The number of hydrogen-bond donors (Lipinski definition) is 0. The van der Waals surface area contributed by atoms with E-state index in [1.54, 1.807) is 6.07 Å². The van der Waals surface area contributed by atoms with E-state index >= 15 is 0 Å². The van der Waals surface area contributed by atoms with Crippen LogP contribution in [-0.2, 0) is 6.42 Å². The van der Waals surface area contributed by atoms with Crippen LogP contribution in [0.3, 0.4) is 0 Å². The predicted molar refractivity (Wildman–Crippen MR) is 51.6 cm³/mol. The zero-order chi connectivity index (χ0) is 8.55. The molecule has 0 fully saturated rings. The van der Waals surface area contributed by atoms with Gasteiger partial charge in [-0.3, -0.25) is 0 Å². The van der Waals surface area contributed by atoms with Crippen molar-refractivity contribution in [3.8, 4) is 0 Å². The van der Waals surface area contributed by atoms with Crippen molar-refractivity contribution in [2.45, 2.75) is 12.8 Å². The highest BCUT2D eigenvalue weighted by Crippen LogP contribution is 2.30. The van der Waals surface area contributed by atoms with Gasteiger partial charge in [-0.2, -0.15) is 0 Å². The molecule has 1 aliphatic rings. The van der Waals surface area contributed by atoms with Gasteiger partial charge in [0, 0.05) is 4.48 Å². The molecule has 0 radical (unpaired) electrons. The molecule has 0 aliphatic heterocycles. The van der Waals surface area contributed by atoms with Crippen LogP contribution in [0.1, 0.15) is 17.5 Å². The molecule has 0 unspecified atom stereocenters. The third kappa shape index (κ3) is 1.31. The van der Waals surface area contributed by atoms with E-state index in [2.05, 4.69) is 22.0 Å². The SMILES string of the molecule is Fc1ccc2c(c1)CCC=C2Br. The van der Waals surface area contributed by atoms with Crippen LogP contribution >= 0.6 is 15.9 Å². The lowest BCUT2D eigenvalue weighted by molar-refractivity contribution is 0.625. The Hall–Kier alpha value is -0.630. The Balaban J connectivity index is 2.56. The molecule has 1 aromatic rings. The van der Waals surface area contributed by atoms with Crippen molar-refractivity contribution in [3.05, 3.63) is 41.2 Å². The lowest BCUT2D eigenvalue weighted by atomic mass is 9.97. The summed E-state index contributed by atoms with van der Waals surface area (Å²) < 4.78 is 13.9. The molecule has 2 heteroatoms. The van der Waals surface area contributed by atoms with Gasteiger partial charge >= 0.3 is 0 Å². The van der Waals surface area contributed by atoms with Crippen molar-refractivity contribution in [2.24, 2.45) is 0 Å². The van der Waals surface area contributed by atoms with Gasteiger partial charge in [0.15, 0.2) is 0 Å². The van der Waals surface area contributed by atoms with Crippen LogP contribution < -0.4 is 0 Å². The van der Waals surface area contributed by atoms with E-state index in [1.165, 1.54) is 6.07 Å². The van der Waals surface area contributed by atoms with Crippen LogP contribution in [0.25, 0.3) is 4.48 Å². The highest BCUT2D eigenvalue weighted by Gasteiger charge is 2.10. The van der Waals surface area contributed by atoms with E-state index in [1.807, 2.05) is 6.07 Å². The first-order valence-electron chi connectivity index (χ1n) is 3.92. The van der Waals surface area contributed by atoms with Crippen molar-refractivity contribution in [1.82, 2.24) is 0 Å². The molecule has 0 spiro atoms. The third-order valence-electron chi connectivity index (χ3n) is 2.06. The normalized spacial score (nSPS) is 15.3. The Morgan fingerprint density at radius 2 is 2.17 bits per heavy atom. The van der Waals surface area contributed by atoms with Crippen molar-refractivity contribution < 1.29 is 4.39 Å². The molecular weight excluding hydrogens is 219 g/mol. The zero-order valence-corrected chi connectivity index (χ0v) is 8.07. The Kier molecular flexibility index (Phi) is 2.01. The van der Waals surface area contributed by atoms with E-state index in [-0.39, 0.29) is 5.82 Å². The molecule has 0 aromatic heterocycles. The van der Waals surface area contributed by atoms with Gasteiger partial charge in [-0.1, -0.05) is 28.1 Å². The molecule has 0 atom stereocenters. The van der Waals surface area contributed by atoms with E-state index < -0.39 is 0 Å². The molecule has 0 heterocycles. The zero-order valence-electron chi connectivity index (χ0n) is 6.48. The van der Waals surface area contributed by atoms with Gasteiger partial charge in [-0.15, -0.1) is 0 Å². The van der Waals surface area contributed by atoms with E-state index in [4.69, 9.17) is 0 Å². The van der Waals surface area contributed by atoms with Gasteiger partial charge < -0.3 is 0 Å². The second-order valence-corrected chi connectivity index (χ2v) is 3.75. The summed E-state index contributed by atoms with van der Waals surface area (Å²) in [6.07, 6.45) is 4.07. The number of hydrogen-bond acceptors (Lipinski definition) is 0. The van der Waals surface area contributed by atoms with Gasteiger partial charge in [0.25, 0.3) is 0 Å². The fourth-order valence-electron chi connectivity index (χ4n) is 1.47. The average molecular weight is 227 g/mol. The number of rotatable bonds is 0. The fourth-order valence-corrected chi connectivity index (χ4v) is 2.08. The summed E-state index contributed by atoms with van der Waals surface area (Å²) in [5, 5.41) is 0. The lowest BCUT2D eigenvalue weighted by Crippen LogP contribution is -1.96. The largest absolute Gasteiger partial charge is 0.207 e. The van der Waals surface area contributed by atoms with Gasteiger partial charge in [0.05, 0.1) is 0 Å². The number of halogens is 2. The van der Waals surface area contributed by atoms with Gasteiger partial charge in [-0.25, -0.2) is 4.39 Å². The molecule has 0 nitrogen and oxygen atoms in total. The van der Waals surface area contributed by atoms with Crippen LogP contribution in [0.5, 0.6) is 0 Å². The summed E-state index contributed by atoms with van der Waals surface area (Å²) in [5.74, 6) is -0.143. The van der Waals surface area contributed by atoms with Gasteiger partial charge in [0.2, 0.25) is 0 Å². The van der Waals surface area contributed by atoms with Crippen LogP contribution in [0.15, 0.2) is 24.3 Å². The van der Waals surface area contributed by atoms with Crippen molar-refractivity contribution in [2.75, 3.05) is 0 Å². The standard InChI is InChI=1S/C10H8BrF/c11-10-3-1-2-7-6-8(12)4-5-9(7)10/h3-6H,1-2H2. The van der Waals surface area contributed by atoms with Gasteiger partial charge in [0.1, 0.15) is 5.82 Å². The Bertz CT molecular complexity index is 342. The predicted octanol–water partition coefficient (Wildman–Crippen LogP) is 3.51. The highest BCUT2D eigenvalue weighted by atomic mass is 79.9.